The number of hydrogen-bond acceptors (Lipinski definition) is 1. The summed E-state index contributed by atoms with van der Waals surface area (Å²) >= 11 is 5.54. The van der Waals surface area contributed by atoms with Crippen molar-refractivity contribution in [1.29, 1.82) is 0 Å². The van der Waals surface area contributed by atoms with Crippen molar-refractivity contribution in [2.45, 2.75) is 82.1 Å². The molecule has 0 saturated heterocycles. The van der Waals surface area contributed by atoms with Crippen molar-refractivity contribution in [3.8, 4) is 0 Å². The van der Waals surface area contributed by atoms with Crippen LogP contribution in [0.25, 0.3) is 0 Å². The molecule has 6 rings (SSSR count). The molecule has 0 aromatic heterocycles. The first-order valence-electron chi connectivity index (χ1n) is 10.9. The molecule has 5 aliphatic rings. The number of anilines is 1. The summed E-state index contributed by atoms with van der Waals surface area (Å²) in [4.78, 5) is 0. The van der Waals surface area contributed by atoms with Gasteiger partial charge in [-0.05, 0) is 104 Å². The lowest BCUT2D eigenvalue weighted by Gasteiger charge is -2.57. The lowest BCUT2D eigenvalue weighted by Crippen LogP contribution is -2.48. The monoisotopic (exact) mass is 368 g/mol. The van der Waals surface area contributed by atoms with Crippen LogP contribution in [0.2, 0.25) is 0 Å². The van der Waals surface area contributed by atoms with E-state index in [1.807, 2.05) is 0 Å². The topological polar surface area (TPSA) is 24.1 Å². The molecule has 1 aromatic carbocycles. The summed E-state index contributed by atoms with van der Waals surface area (Å²) in [5.74, 6) is 3.02. The first-order valence-corrected chi connectivity index (χ1v) is 11.3. The van der Waals surface area contributed by atoms with Gasteiger partial charge in [0.05, 0.1) is 0 Å². The van der Waals surface area contributed by atoms with Gasteiger partial charge in [-0.2, -0.15) is 0 Å². The molecule has 4 bridgehead atoms. The summed E-state index contributed by atoms with van der Waals surface area (Å²) in [6, 6.07) is 9.85. The van der Waals surface area contributed by atoms with E-state index in [0.29, 0.717) is 11.5 Å². The molecule has 3 heteroatoms. The molecule has 5 fully saturated rings. The largest absolute Gasteiger partial charge is 0.360 e. The second kappa shape index (κ2) is 6.82. The zero-order chi connectivity index (χ0) is 17.6. The van der Waals surface area contributed by atoms with E-state index in [0.717, 1.165) is 28.6 Å². The minimum absolute atomic E-state index is 0.494. The van der Waals surface area contributed by atoms with Gasteiger partial charge in [-0.15, -0.1) is 0 Å². The van der Waals surface area contributed by atoms with Crippen LogP contribution in [0.4, 0.5) is 5.69 Å². The van der Waals surface area contributed by atoms with Crippen molar-refractivity contribution in [2.75, 3.05) is 5.32 Å². The summed E-state index contributed by atoms with van der Waals surface area (Å²) in [6.07, 6.45) is 15.4. The van der Waals surface area contributed by atoms with Gasteiger partial charge in [0.15, 0.2) is 5.11 Å². The fraction of sp³-hybridized carbons (Fsp3) is 0.696. The van der Waals surface area contributed by atoms with E-state index in [2.05, 4.69) is 34.9 Å². The average Bonchev–Trinajstić information content (AvgIpc) is 2.62. The number of benzene rings is 1. The van der Waals surface area contributed by atoms with Gasteiger partial charge in [0.25, 0.3) is 0 Å². The van der Waals surface area contributed by atoms with E-state index in [1.165, 1.54) is 70.6 Å². The van der Waals surface area contributed by atoms with E-state index >= 15 is 0 Å². The molecule has 26 heavy (non-hydrogen) atoms. The van der Waals surface area contributed by atoms with E-state index in [4.69, 9.17) is 12.2 Å². The summed E-state index contributed by atoms with van der Waals surface area (Å²) in [5, 5.41) is 7.71. The van der Waals surface area contributed by atoms with Crippen molar-refractivity contribution >= 4 is 23.0 Å². The van der Waals surface area contributed by atoms with Crippen LogP contribution in [0.15, 0.2) is 24.3 Å². The molecule has 0 unspecified atom stereocenters. The molecule has 1 aromatic rings. The molecule has 2 nitrogen and oxygen atoms in total. The molecule has 5 saturated carbocycles. The second-order valence-electron chi connectivity index (χ2n) is 9.71. The fourth-order valence-corrected chi connectivity index (χ4v) is 7.26. The Bertz CT molecular complexity index is 624. The Kier molecular flexibility index (Phi) is 4.47. The summed E-state index contributed by atoms with van der Waals surface area (Å²) in [7, 11) is 0. The maximum atomic E-state index is 5.54. The number of thiocarbonyl (C=S) groups is 1. The number of rotatable bonds is 3. The maximum absolute atomic E-state index is 5.54. The first kappa shape index (κ1) is 17.0. The van der Waals surface area contributed by atoms with Crippen LogP contribution >= 0.6 is 12.2 Å². The lowest BCUT2D eigenvalue weighted by molar-refractivity contribution is -0.00518. The van der Waals surface area contributed by atoms with Gasteiger partial charge in [-0.1, -0.05) is 31.4 Å². The molecule has 0 aliphatic heterocycles. The van der Waals surface area contributed by atoms with Crippen molar-refractivity contribution in [2.24, 2.45) is 17.8 Å². The van der Waals surface area contributed by atoms with Crippen LogP contribution < -0.4 is 10.6 Å². The van der Waals surface area contributed by atoms with Crippen molar-refractivity contribution in [3.63, 3.8) is 0 Å². The van der Waals surface area contributed by atoms with Crippen molar-refractivity contribution in [1.82, 2.24) is 5.32 Å². The molecule has 140 valence electrons. The van der Waals surface area contributed by atoms with Gasteiger partial charge in [0, 0.05) is 11.7 Å². The molecular weight excluding hydrogens is 336 g/mol. The molecule has 0 atom stereocenters. The summed E-state index contributed by atoms with van der Waals surface area (Å²) in [5.41, 5.74) is 3.22. The van der Waals surface area contributed by atoms with Crippen LogP contribution in [-0.2, 0) is 5.41 Å². The van der Waals surface area contributed by atoms with E-state index < -0.39 is 0 Å². The van der Waals surface area contributed by atoms with Crippen LogP contribution in [0.3, 0.4) is 0 Å². The van der Waals surface area contributed by atoms with Crippen LogP contribution in [0.1, 0.15) is 76.2 Å². The quantitative estimate of drug-likeness (QED) is 0.662. The lowest BCUT2D eigenvalue weighted by atomic mass is 9.48. The predicted molar refractivity (Wildman–Crippen MR) is 113 cm³/mol. The Morgan fingerprint density at radius 2 is 1.42 bits per heavy atom. The van der Waals surface area contributed by atoms with Crippen molar-refractivity contribution in [3.05, 3.63) is 29.8 Å². The molecule has 5 aliphatic carbocycles. The first-order chi connectivity index (χ1) is 12.7. The summed E-state index contributed by atoms with van der Waals surface area (Å²) < 4.78 is 0. The highest BCUT2D eigenvalue weighted by molar-refractivity contribution is 7.80. The van der Waals surface area contributed by atoms with E-state index in [9.17, 15) is 0 Å². The van der Waals surface area contributed by atoms with Gasteiger partial charge in [0.2, 0.25) is 0 Å². The Labute approximate surface area is 163 Å². The zero-order valence-corrected chi connectivity index (χ0v) is 16.6. The second-order valence-corrected chi connectivity index (χ2v) is 10.1. The smallest absolute Gasteiger partial charge is 0.170 e. The average molecular weight is 369 g/mol. The minimum Gasteiger partial charge on any atom is -0.360 e. The number of hydrogen-bond donors (Lipinski definition) is 2. The molecule has 0 radical (unpaired) electrons. The molecular formula is C23H32N2S. The Morgan fingerprint density at radius 3 is 2.00 bits per heavy atom. The van der Waals surface area contributed by atoms with E-state index in [-0.39, 0.29) is 0 Å². The van der Waals surface area contributed by atoms with Crippen LogP contribution in [0, 0.1) is 17.8 Å². The Morgan fingerprint density at radius 1 is 0.846 bits per heavy atom. The van der Waals surface area contributed by atoms with Crippen molar-refractivity contribution < 1.29 is 0 Å². The predicted octanol–water partition coefficient (Wildman–Crippen LogP) is 5.77. The number of nitrogens with one attached hydrogen (secondary N) is 2. The SMILES string of the molecule is S=C(Nc1ccc(C23CC4CC(CC(C4)C2)C3)cc1)NC1CCCCC1. The standard InChI is InChI=1S/C23H32N2S/c26-22(24-20-4-2-1-3-5-20)25-21-8-6-19(7-9-21)23-13-16-10-17(14-23)12-18(11-16)15-23/h6-9,16-18,20H,1-5,10-15H2,(H2,24,25,26). The van der Waals surface area contributed by atoms with Crippen LogP contribution in [-0.4, -0.2) is 11.2 Å². The maximum Gasteiger partial charge on any atom is 0.170 e. The third-order valence-corrected chi connectivity index (χ3v) is 7.95. The van der Waals surface area contributed by atoms with Gasteiger partial charge in [-0.3, -0.25) is 0 Å². The minimum atomic E-state index is 0.494. The Balaban J connectivity index is 1.24. The third-order valence-electron chi connectivity index (χ3n) is 7.73. The molecule has 0 heterocycles. The highest BCUT2D eigenvalue weighted by Crippen LogP contribution is 2.60. The molecule has 0 amide bonds. The third kappa shape index (κ3) is 3.28. The fourth-order valence-electron chi connectivity index (χ4n) is 6.97. The van der Waals surface area contributed by atoms with Gasteiger partial charge >= 0.3 is 0 Å². The Hall–Kier alpha value is -1.09. The van der Waals surface area contributed by atoms with Crippen LogP contribution in [0.5, 0.6) is 0 Å². The van der Waals surface area contributed by atoms with E-state index in [1.54, 1.807) is 5.56 Å². The summed E-state index contributed by atoms with van der Waals surface area (Å²) in [6.45, 7) is 0. The van der Waals surface area contributed by atoms with Gasteiger partial charge in [0.1, 0.15) is 0 Å². The highest BCUT2D eigenvalue weighted by atomic mass is 32.1. The normalized spacial score (nSPS) is 36.1. The van der Waals surface area contributed by atoms with Gasteiger partial charge < -0.3 is 10.6 Å². The highest BCUT2D eigenvalue weighted by Gasteiger charge is 2.51. The molecule has 2 N–H and O–H groups in total. The zero-order valence-electron chi connectivity index (χ0n) is 15.8. The molecule has 0 spiro atoms. The van der Waals surface area contributed by atoms with Gasteiger partial charge in [-0.25, -0.2) is 0 Å².